The normalized spacial score (nSPS) is 11.8. The summed E-state index contributed by atoms with van der Waals surface area (Å²) in [6.07, 6.45) is 3.57. The van der Waals surface area contributed by atoms with Gasteiger partial charge in [-0.2, -0.15) is 0 Å². The predicted molar refractivity (Wildman–Crippen MR) is 111 cm³/mol. The summed E-state index contributed by atoms with van der Waals surface area (Å²) in [5, 5.41) is 0.930. The Morgan fingerprint density at radius 1 is 1.00 bits per heavy atom. The molecule has 0 fully saturated rings. The van der Waals surface area contributed by atoms with E-state index < -0.39 is 10.0 Å². The highest BCUT2D eigenvalue weighted by molar-refractivity contribution is 7.89. The number of nitrogens with zero attached hydrogens (tertiary/aromatic N) is 1. The highest BCUT2D eigenvalue weighted by atomic mass is 32.2. The number of benzene rings is 2. The summed E-state index contributed by atoms with van der Waals surface area (Å²) in [6, 6.07) is 17.0. The van der Waals surface area contributed by atoms with Gasteiger partial charge < -0.3 is 4.98 Å². The number of aromatic amines is 1. The molecule has 5 nitrogen and oxygen atoms in total. The highest BCUT2D eigenvalue weighted by Crippen LogP contribution is 2.30. The number of sulfonamides is 1. The van der Waals surface area contributed by atoms with Crippen molar-refractivity contribution in [2.24, 2.45) is 0 Å². The van der Waals surface area contributed by atoms with E-state index in [-0.39, 0.29) is 11.4 Å². The van der Waals surface area contributed by atoms with E-state index >= 15 is 0 Å². The third-order valence-corrected chi connectivity index (χ3v) is 6.19. The molecule has 2 aromatic carbocycles. The van der Waals surface area contributed by atoms with E-state index in [2.05, 4.69) is 39.8 Å². The van der Waals surface area contributed by atoms with Crippen LogP contribution in [0.2, 0.25) is 0 Å². The minimum Gasteiger partial charge on any atom is -0.346 e. The molecule has 4 rings (SSSR count). The molecule has 2 N–H and O–H groups in total. The average Bonchev–Trinajstić information content (AvgIpc) is 3.10. The van der Waals surface area contributed by atoms with Crippen LogP contribution in [0.5, 0.6) is 0 Å². The number of pyridine rings is 1. The molecule has 0 atom stereocenters. The van der Waals surface area contributed by atoms with Crippen molar-refractivity contribution in [3.05, 3.63) is 83.7 Å². The topological polar surface area (TPSA) is 74.8 Å². The second-order valence-corrected chi connectivity index (χ2v) is 8.67. The van der Waals surface area contributed by atoms with Crippen molar-refractivity contribution in [2.45, 2.75) is 25.3 Å². The lowest BCUT2D eigenvalue weighted by molar-refractivity contribution is 0.581. The zero-order chi connectivity index (χ0) is 19.7. The zero-order valence-corrected chi connectivity index (χ0v) is 16.5. The third kappa shape index (κ3) is 3.56. The van der Waals surface area contributed by atoms with Crippen molar-refractivity contribution >= 4 is 21.1 Å². The average molecular weight is 391 g/mol. The fourth-order valence-electron chi connectivity index (χ4n) is 3.29. The number of aryl methyl sites for hydroxylation is 2. The molecule has 0 saturated heterocycles. The van der Waals surface area contributed by atoms with Gasteiger partial charge in [0.15, 0.2) is 0 Å². The van der Waals surface area contributed by atoms with Crippen LogP contribution in [-0.2, 0) is 16.6 Å². The van der Waals surface area contributed by atoms with Crippen molar-refractivity contribution in [3.63, 3.8) is 0 Å². The van der Waals surface area contributed by atoms with Crippen LogP contribution in [0, 0.1) is 13.8 Å². The van der Waals surface area contributed by atoms with Gasteiger partial charge in [0.1, 0.15) is 5.65 Å². The molecule has 4 aromatic rings. The summed E-state index contributed by atoms with van der Waals surface area (Å²) in [5.74, 6) is 0. The van der Waals surface area contributed by atoms with E-state index in [1.54, 1.807) is 30.5 Å². The van der Waals surface area contributed by atoms with Crippen LogP contribution in [0.1, 0.15) is 16.7 Å². The maximum absolute atomic E-state index is 12.6. The Bertz CT molecular complexity index is 1240. The predicted octanol–water partition coefficient (Wildman–Crippen LogP) is 4.33. The number of H-pyrrole nitrogens is 1. The van der Waals surface area contributed by atoms with E-state index in [1.807, 2.05) is 25.3 Å². The van der Waals surface area contributed by atoms with Crippen molar-refractivity contribution < 1.29 is 8.42 Å². The molecule has 0 aliphatic rings. The maximum atomic E-state index is 12.6. The third-order valence-electron chi connectivity index (χ3n) is 4.77. The van der Waals surface area contributed by atoms with Crippen LogP contribution in [0.4, 0.5) is 0 Å². The fraction of sp³-hybridized carbons (Fsp3) is 0.136. The monoisotopic (exact) mass is 391 g/mol. The maximum Gasteiger partial charge on any atom is 0.240 e. The number of hydrogen-bond acceptors (Lipinski definition) is 3. The largest absolute Gasteiger partial charge is 0.346 e. The van der Waals surface area contributed by atoms with E-state index in [0.29, 0.717) is 0 Å². The lowest BCUT2D eigenvalue weighted by Gasteiger charge is -2.09. The molecule has 2 aromatic heterocycles. The van der Waals surface area contributed by atoms with Crippen LogP contribution in [0.25, 0.3) is 22.2 Å². The van der Waals surface area contributed by atoms with E-state index in [9.17, 15) is 8.42 Å². The van der Waals surface area contributed by atoms with E-state index in [1.165, 1.54) is 5.56 Å². The number of hydrogen-bond donors (Lipinski definition) is 2. The van der Waals surface area contributed by atoms with Crippen LogP contribution < -0.4 is 4.72 Å². The molecule has 28 heavy (non-hydrogen) atoms. The molecule has 0 aliphatic heterocycles. The SMILES string of the molecule is Cc1ccc(S(=O)(=O)NCc2c[nH]c3nccc(-c4cccc(C)c4)c23)cc1. The van der Waals surface area contributed by atoms with E-state index in [0.717, 1.165) is 33.3 Å². The molecule has 0 aliphatic carbocycles. The van der Waals surface area contributed by atoms with Crippen LogP contribution >= 0.6 is 0 Å². The standard InChI is InChI=1S/C22H21N3O2S/c1-15-6-8-19(9-7-15)28(26,27)25-14-18-13-24-22-21(18)20(10-11-23-22)17-5-3-4-16(2)12-17/h3-13,25H,14H2,1-2H3,(H,23,24). The van der Waals surface area contributed by atoms with Gasteiger partial charge >= 0.3 is 0 Å². The molecule has 6 heteroatoms. The molecule has 142 valence electrons. The van der Waals surface area contributed by atoms with Gasteiger partial charge in [0.25, 0.3) is 0 Å². The molecule has 0 bridgehead atoms. The van der Waals surface area contributed by atoms with E-state index in [4.69, 9.17) is 0 Å². The summed E-state index contributed by atoms with van der Waals surface area (Å²) >= 11 is 0. The first-order chi connectivity index (χ1) is 13.4. The minimum atomic E-state index is -3.59. The highest BCUT2D eigenvalue weighted by Gasteiger charge is 2.16. The number of aromatic nitrogens is 2. The lowest BCUT2D eigenvalue weighted by atomic mass is 10.00. The Hall–Kier alpha value is -2.96. The Balaban J connectivity index is 1.69. The Kier molecular flexibility index (Phi) is 4.75. The summed E-state index contributed by atoms with van der Waals surface area (Å²) in [7, 11) is -3.59. The second kappa shape index (κ2) is 7.22. The minimum absolute atomic E-state index is 0.181. The van der Waals surface area contributed by atoms with Gasteiger partial charge in [-0.3, -0.25) is 0 Å². The zero-order valence-electron chi connectivity index (χ0n) is 15.7. The van der Waals surface area contributed by atoms with Crippen molar-refractivity contribution in [3.8, 4) is 11.1 Å². The van der Waals surface area contributed by atoms with Gasteiger partial charge in [-0.05, 0) is 48.7 Å². The van der Waals surface area contributed by atoms with Gasteiger partial charge in [-0.15, -0.1) is 0 Å². The van der Waals surface area contributed by atoms with Crippen LogP contribution in [0.15, 0.2) is 71.9 Å². The van der Waals surface area contributed by atoms with Crippen molar-refractivity contribution in [1.82, 2.24) is 14.7 Å². The molecular weight excluding hydrogens is 370 g/mol. The molecule has 2 heterocycles. The van der Waals surface area contributed by atoms with Gasteiger partial charge in [-0.25, -0.2) is 18.1 Å². The lowest BCUT2D eigenvalue weighted by Crippen LogP contribution is -2.23. The first-order valence-corrected chi connectivity index (χ1v) is 10.5. The number of nitrogens with one attached hydrogen (secondary N) is 2. The summed E-state index contributed by atoms with van der Waals surface area (Å²) in [4.78, 5) is 7.80. The first-order valence-electron chi connectivity index (χ1n) is 9.02. The number of rotatable bonds is 5. The van der Waals surface area contributed by atoms with Crippen molar-refractivity contribution in [2.75, 3.05) is 0 Å². The summed E-state index contributed by atoms with van der Waals surface area (Å²) in [5.41, 5.74) is 5.89. The molecule has 0 radical (unpaired) electrons. The van der Waals surface area contributed by atoms with Gasteiger partial charge in [0, 0.05) is 24.3 Å². The van der Waals surface area contributed by atoms with Crippen molar-refractivity contribution in [1.29, 1.82) is 0 Å². The van der Waals surface area contributed by atoms with Crippen LogP contribution in [-0.4, -0.2) is 18.4 Å². The Morgan fingerprint density at radius 3 is 2.54 bits per heavy atom. The Labute approximate surface area is 164 Å². The number of fused-ring (bicyclic) bond motifs is 1. The van der Waals surface area contributed by atoms with Crippen LogP contribution in [0.3, 0.4) is 0 Å². The quantitative estimate of drug-likeness (QED) is 0.532. The molecule has 0 saturated carbocycles. The van der Waals surface area contributed by atoms with Gasteiger partial charge in [0.2, 0.25) is 10.0 Å². The summed E-state index contributed by atoms with van der Waals surface area (Å²) in [6.45, 7) is 4.16. The molecule has 0 amide bonds. The Morgan fingerprint density at radius 2 is 1.79 bits per heavy atom. The fourth-order valence-corrected chi connectivity index (χ4v) is 4.30. The molecular formula is C22H21N3O2S. The smallest absolute Gasteiger partial charge is 0.240 e. The van der Waals surface area contributed by atoms with Gasteiger partial charge in [0.05, 0.1) is 4.90 Å². The second-order valence-electron chi connectivity index (χ2n) is 6.90. The first kappa shape index (κ1) is 18.4. The summed E-state index contributed by atoms with van der Waals surface area (Å²) < 4.78 is 28.0. The van der Waals surface area contributed by atoms with Gasteiger partial charge in [-0.1, -0.05) is 47.5 Å². The molecule has 0 unspecified atom stereocenters. The molecule has 0 spiro atoms.